The van der Waals surface area contributed by atoms with Gasteiger partial charge in [-0.25, -0.2) is 4.98 Å². The van der Waals surface area contributed by atoms with Crippen molar-refractivity contribution in [1.82, 2.24) is 20.1 Å². The molecule has 3 fully saturated rings. The van der Waals surface area contributed by atoms with E-state index in [0.29, 0.717) is 23.0 Å². The topological polar surface area (TPSA) is 78.5 Å². The van der Waals surface area contributed by atoms with E-state index in [2.05, 4.69) is 15.2 Å². The zero-order valence-corrected chi connectivity index (χ0v) is 13.9. The minimum atomic E-state index is -0.158. The van der Waals surface area contributed by atoms with Crippen molar-refractivity contribution in [2.24, 2.45) is 5.92 Å². The van der Waals surface area contributed by atoms with Gasteiger partial charge in [0, 0.05) is 37.6 Å². The number of hydrogen-bond acceptors (Lipinski definition) is 5. The number of hydrogen-bond donors (Lipinski definition) is 1. The highest BCUT2D eigenvalue weighted by atomic mass is 16.3. The van der Waals surface area contributed by atoms with Gasteiger partial charge in [0.15, 0.2) is 11.3 Å². The van der Waals surface area contributed by atoms with E-state index in [1.807, 2.05) is 0 Å². The van der Waals surface area contributed by atoms with Gasteiger partial charge in [0.1, 0.15) is 5.69 Å². The first-order valence-corrected chi connectivity index (χ1v) is 8.88. The largest absolute Gasteiger partial charge is 0.449 e. The number of aromatic nitrogens is 1. The van der Waals surface area contributed by atoms with E-state index in [9.17, 15) is 9.59 Å². The number of rotatable bonds is 3. The maximum atomic E-state index is 12.6. The van der Waals surface area contributed by atoms with Gasteiger partial charge in [-0.2, -0.15) is 0 Å². The molecule has 2 unspecified atom stereocenters. The Kier molecular flexibility index (Phi) is 3.31. The standard InChI is InChI=1S/C18H20N4O3/c23-17(20-13-5-11-1-2-21(9-11)10-13)14-6-12-7-15(18(24)22-3-4-22)25-16(12)8-19-14/h6-8,11,13H,1-5,9-10H2,(H,20,23)/t11?,13-/m1/s1. The van der Waals surface area contributed by atoms with Crippen LogP contribution >= 0.6 is 0 Å². The van der Waals surface area contributed by atoms with Crippen LogP contribution in [0.2, 0.25) is 0 Å². The normalized spacial score (nSPS) is 27.5. The molecule has 5 rings (SSSR count). The summed E-state index contributed by atoms with van der Waals surface area (Å²) in [5.74, 6) is 0.751. The highest BCUT2D eigenvalue weighted by Crippen LogP contribution is 2.27. The van der Waals surface area contributed by atoms with Gasteiger partial charge >= 0.3 is 0 Å². The SMILES string of the molecule is O=C(N[C@@H]1CC2CCN(C2)C1)c1cc2cc(C(=O)N3CC3)oc2cn1. The fraction of sp³-hybridized carbons (Fsp3) is 0.500. The monoisotopic (exact) mass is 340 g/mol. The third-order valence-corrected chi connectivity index (χ3v) is 5.38. The maximum absolute atomic E-state index is 12.6. The molecule has 3 aliphatic rings. The molecule has 0 aliphatic carbocycles. The van der Waals surface area contributed by atoms with Crippen molar-refractivity contribution in [2.45, 2.75) is 18.9 Å². The second-order valence-electron chi connectivity index (χ2n) is 7.33. The summed E-state index contributed by atoms with van der Waals surface area (Å²) in [4.78, 5) is 32.9. The first kappa shape index (κ1) is 14.9. The number of carbonyl (C=O) groups is 2. The summed E-state index contributed by atoms with van der Waals surface area (Å²) >= 11 is 0. The average molecular weight is 340 g/mol. The molecule has 3 atom stereocenters. The predicted octanol–water partition coefficient (Wildman–Crippen LogP) is 1.11. The van der Waals surface area contributed by atoms with Crippen molar-refractivity contribution in [3.05, 3.63) is 29.8 Å². The molecule has 7 heteroatoms. The molecule has 2 amide bonds. The van der Waals surface area contributed by atoms with Gasteiger partial charge in [-0.15, -0.1) is 0 Å². The lowest BCUT2D eigenvalue weighted by atomic mass is 9.97. The Hall–Kier alpha value is -2.41. The van der Waals surface area contributed by atoms with Gasteiger partial charge in [-0.05, 0) is 37.4 Å². The summed E-state index contributed by atoms with van der Waals surface area (Å²) in [6.45, 7) is 4.79. The van der Waals surface area contributed by atoms with Gasteiger partial charge < -0.3 is 19.5 Å². The zero-order valence-electron chi connectivity index (χ0n) is 13.9. The molecule has 5 heterocycles. The second-order valence-corrected chi connectivity index (χ2v) is 7.33. The van der Waals surface area contributed by atoms with Crippen LogP contribution in [-0.4, -0.2) is 65.4 Å². The predicted molar refractivity (Wildman–Crippen MR) is 90.3 cm³/mol. The van der Waals surface area contributed by atoms with Crippen molar-refractivity contribution in [3.8, 4) is 0 Å². The molecular formula is C18H20N4O3. The van der Waals surface area contributed by atoms with Gasteiger partial charge in [0.25, 0.3) is 11.8 Å². The molecule has 25 heavy (non-hydrogen) atoms. The Morgan fingerprint density at radius 2 is 2.08 bits per heavy atom. The van der Waals surface area contributed by atoms with Gasteiger partial charge in [0.2, 0.25) is 0 Å². The summed E-state index contributed by atoms with van der Waals surface area (Å²) in [7, 11) is 0. The van der Waals surface area contributed by atoms with Crippen molar-refractivity contribution in [3.63, 3.8) is 0 Å². The smallest absolute Gasteiger partial charge is 0.289 e. The maximum Gasteiger partial charge on any atom is 0.289 e. The molecule has 1 N–H and O–H groups in total. The molecular weight excluding hydrogens is 320 g/mol. The van der Waals surface area contributed by atoms with Crippen LogP contribution < -0.4 is 5.32 Å². The molecule has 2 bridgehead atoms. The molecule has 3 aliphatic heterocycles. The van der Waals surface area contributed by atoms with E-state index in [0.717, 1.165) is 38.0 Å². The van der Waals surface area contributed by atoms with Crippen LogP contribution in [-0.2, 0) is 0 Å². The number of pyridine rings is 1. The molecule has 130 valence electrons. The molecule has 7 nitrogen and oxygen atoms in total. The average Bonchev–Trinajstić information content (AvgIpc) is 3.28. The fourth-order valence-corrected chi connectivity index (χ4v) is 4.01. The Bertz CT molecular complexity index is 845. The minimum absolute atomic E-state index is 0.103. The molecule has 0 radical (unpaired) electrons. The van der Waals surface area contributed by atoms with Crippen molar-refractivity contribution >= 4 is 22.8 Å². The molecule has 3 saturated heterocycles. The van der Waals surface area contributed by atoms with Crippen LogP contribution in [0.3, 0.4) is 0 Å². The number of nitrogens with one attached hydrogen (secondary N) is 1. The number of amides is 2. The lowest BCUT2D eigenvalue weighted by Gasteiger charge is -2.30. The van der Waals surface area contributed by atoms with E-state index in [4.69, 9.17) is 4.42 Å². The Balaban J connectivity index is 1.33. The van der Waals surface area contributed by atoms with Crippen LogP contribution in [0.4, 0.5) is 0 Å². The highest BCUT2D eigenvalue weighted by Gasteiger charge is 2.33. The summed E-state index contributed by atoms with van der Waals surface area (Å²) in [5.41, 5.74) is 0.899. The van der Waals surface area contributed by atoms with Crippen LogP contribution in [0.5, 0.6) is 0 Å². The van der Waals surface area contributed by atoms with E-state index >= 15 is 0 Å². The molecule has 0 saturated carbocycles. The van der Waals surface area contributed by atoms with Crippen LogP contribution in [0, 0.1) is 5.92 Å². The van der Waals surface area contributed by atoms with E-state index in [1.165, 1.54) is 19.2 Å². The quantitative estimate of drug-likeness (QED) is 0.847. The van der Waals surface area contributed by atoms with E-state index in [-0.39, 0.29) is 17.9 Å². The van der Waals surface area contributed by atoms with Crippen LogP contribution in [0.1, 0.15) is 33.9 Å². The summed E-state index contributed by atoms with van der Waals surface area (Å²) in [5, 5.41) is 3.84. The number of fused-ring (bicyclic) bond motifs is 3. The van der Waals surface area contributed by atoms with Gasteiger partial charge in [0.05, 0.1) is 6.20 Å². The van der Waals surface area contributed by atoms with Crippen LogP contribution in [0.25, 0.3) is 11.0 Å². The Labute approximate surface area is 145 Å². The molecule has 0 aromatic carbocycles. The molecule has 0 spiro atoms. The third-order valence-electron chi connectivity index (χ3n) is 5.38. The number of piperidine rings is 1. The van der Waals surface area contributed by atoms with Crippen molar-refractivity contribution in [1.29, 1.82) is 0 Å². The number of nitrogens with zero attached hydrogens (tertiary/aromatic N) is 3. The first-order chi connectivity index (χ1) is 12.2. The number of furan rings is 1. The summed E-state index contributed by atoms with van der Waals surface area (Å²) in [6, 6.07) is 3.58. The van der Waals surface area contributed by atoms with E-state index in [1.54, 1.807) is 17.0 Å². The minimum Gasteiger partial charge on any atom is -0.449 e. The summed E-state index contributed by atoms with van der Waals surface area (Å²) < 4.78 is 5.56. The number of carbonyl (C=O) groups excluding carboxylic acids is 2. The van der Waals surface area contributed by atoms with E-state index < -0.39 is 0 Å². The Morgan fingerprint density at radius 1 is 1.20 bits per heavy atom. The van der Waals surface area contributed by atoms with Gasteiger partial charge in [-0.3, -0.25) is 9.59 Å². The molecule has 2 aromatic rings. The lowest BCUT2D eigenvalue weighted by molar-refractivity contribution is 0.0856. The Morgan fingerprint density at radius 3 is 2.88 bits per heavy atom. The van der Waals surface area contributed by atoms with Crippen LogP contribution in [0.15, 0.2) is 22.7 Å². The highest BCUT2D eigenvalue weighted by molar-refractivity contribution is 5.99. The van der Waals surface area contributed by atoms with Crippen molar-refractivity contribution in [2.75, 3.05) is 32.7 Å². The van der Waals surface area contributed by atoms with Gasteiger partial charge in [-0.1, -0.05) is 0 Å². The lowest BCUT2D eigenvalue weighted by Crippen LogP contribution is -2.47. The zero-order chi connectivity index (χ0) is 17.0. The summed E-state index contributed by atoms with van der Waals surface area (Å²) in [6.07, 6.45) is 3.81. The second kappa shape index (κ2) is 5.56. The third kappa shape index (κ3) is 2.78. The first-order valence-electron chi connectivity index (χ1n) is 8.88. The molecule has 2 aromatic heterocycles. The fourth-order valence-electron chi connectivity index (χ4n) is 4.01. The van der Waals surface area contributed by atoms with Crippen molar-refractivity contribution < 1.29 is 14.0 Å².